The van der Waals surface area contributed by atoms with Crippen LogP contribution < -0.4 is 4.74 Å². The number of non-ortho nitro benzene ring substituents is 1. The van der Waals surface area contributed by atoms with Gasteiger partial charge in [0.25, 0.3) is 11.4 Å². The van der Waals surface area contributed by atoms with Gasteiger partial charge in [-0.05, 0) is 0 Å². The predicted octanol–water partition coefficient (Wildman–Crippen LogP) is 0.989. The van der Waals surface area contributed by atoms with E-state index in [4.69, 9.17) is 0 Å². The van der Waals surface area contributed by atoms with Crippen LogP contribution in [0.3, 0.4) is 0 Å². The van der Waals surface area contributed by atoms with Gasteiger partial charge in [-0.25, -0.2) is 0 Å². The van der Waals surface area contributed by atoms with Gasteiger partial charge in [0.05, 0.1) is 26.9 Å². The van der Waals surface area contributed by atoms with Crippen molar-refractivity contribution in [3.63, 3.8) is 0 Å². The summed E-state index contributed by atoms with van der Waals surface area (Å²) in [6.45, 7) is -0.653. The van der Waals surface area contributed by atoms with Crippen molar-refractivity contribution >= 4 is 23.3 Å². The van der Waals surface area contributed by atoms with Crippen molar-refractivity contribution in [1.29, 1.82) is 0 Å². The molecule has 0 N–H and O–H groups in total. The molecular weight excluding hydrogens is 266 g/mol. The molecule has 11 nitrogen and oxygen atoms in total. The maximum absolute atomic E-state index is 10.7. The molecule has 0 fully saturated rings. The summed E-state index contributed by atoms with van der Waals surface area (Å²) in [4.78, 5) is 39.0. The van der Waals surface area contributed by atoms with Gasteiger partial charge in [0.15, 0.2) is 6.29 Å². The fourth-order valence-electron chi connectivity index (χ4n) is 1.23. The molecule has 0 aliphatic carbocycles. The van der Waals surface area contributed by atoms with Gasteiger partial charge in [0.1, 0.15) is 6.61 Å². The summed E-state index contributed by atoms with van der Waals surface area (Å²) in [6, 6.07) is 1.04. The van der Waals surface area contributed by atoms with Gasteiger partial charge in [-0.15, -0.1) is 0 Å². The van der Waals surface area contributed by atoms with E-state index in [9.17, 15) is 35.1 Å². The molecule has 1 rings (SSSR count). The van der Waals surface area contributed by atoms with Gasteiger partial charge >= 0.3 is 11.4 Å². The minimum atomic E-state index is -1.07. The summed E-state index contributed by atoms with van der Waals surface area (Å²) in [5, 5.41) is 32.0. The second-order valence-corrected chi connectivity index (χ2v) is 3.06. The van der Waals surface area contributed by atoms with E-state index < -0.39 is 44.2 Å². The van der Waals surface area contributed by atoms with Gasteiger partial charge < -0.3 is 4.74 Å². The minimum absolute atomic E-state index is 0.231. The van der Waals surface area contributed by atoms with E-state index >= 15 is 0 Å². The first kappa shape index (κ1) is 14.0. The topological polar surface area (TPSA) is 156 Å². The van der Waals surface area contributed by atoms with E-state index in [1.807, 2.05) is 0 Å². The lowest BCUT2D eigenvalue weighted by molar-refractivity contribution is -0.404. The zero-order valence-electron chi connectivity index (χ0n) is 9.05. The lowest BCUT2D eigenvalue weighted by atomic mass is 10.2. The van der Waals surface area contributed by atoms with Crippen LogP contribution in [0, 0.1) is 30.3 Å². The Morgan fingerprint density at radius 3 is 1.79 bits per heavy atom. The van der Waals surface area contributed by atoms with Crippen LogP contribution in [0.15, 0.2) is 12.1 Å². The molecule has 1 aromatic rings. The number of rotatable bonds is 6. The number of hydrogen-bond acceptors (Lipinski definition) is 8. The Kier molecular flexibility index (Phi) is 4.03. The van der Waals surface area contributed by atoms with E-state index in [0.29, 0.717) is 12.1 Å². The monoisotopic (exact) mass is 271 g/mol. The van der Waals surface area contributed by atoms with Gasteiger partial charge in [-0.2, -0.15) is 0 Å². The van der Waals surface area contributed by atoms with Crippen LogP contribution in [0.5, 0.6) is 5.75 Å². The highest BCUT2D eigenvalue weighted by molar-refractivity contribution is 5.66. The normalized spacial score (nSPS) is 9.68. The summed E-state index contributed by atoms with van der Waals surface area (Å²) >= 11 is 0. The molecule has 0 spiro atoms. The Balaban J connectivity index is 3.54. The molecule has 0 amide bonds. The molecule has 1 aromatic carbocycles. The van der Waals surface area contributed by atoms with E-state index in [-0.39, 0.29) is 6.29 Å². The highest BCUT2D eigenvalue weighted by Gasteiger charge is 2.32. The van der Waals surface area contributed by atoms with Crippen LogP contribution in [0.4, 0.5) is 17.1 Å². The number of ether oxygens (including phenoxy) is 1. The SMILES string of the molecule is O=CCOc1c([N+](=O)[O-])cc([N+](=O)[O-])cc1[N+](=O)[O-]. The Hall–Kier alpha value is -3.11. The van der Waals surface area contributed by atoms with E-state index in [1.165, 1.54) is 0 Å². The maximum Gasteiger partial charge on any atom is 0.325 e. The Morgan fingerprint density at radius 2 is 1.47 bits per heavy atom. The van der Waals surface area contributed by atoms with Gasteiger partial charge in [0, 0.05) is 0 Å². The van der Waals surface area contributed by atoms with E-state index in [0.717, 1.165) is 0 Å². The highest BCUT2D eigenvalue weighted by atomic mass is 16.6. The van der Waals surface area contributed by atoms with Crippen molar-refractivity contribution in [2.24, 2.45) is 0 Å². The van der Waals surface area contributed by atoms with Crippen LogP contribution in [0.1, 0.15) is 0 Å². The van der Waals surface area contributed by atoms with Crippen LogP contribution >= 0.6 is 0 Å². The number of nitrogens with zero attached hydrogens (tertiary/aromatic N) is 3. The molecule has 0 aromatic heterocycles. The average molecular weight is 271 g/mol. The fraction of sp³-hybridized carbons (Fsp3) is 0.125. The third kappa shape index (κ3) is 2.96. The van der Waals surface area contributed by atoms with Crippen molar-refractivity contribution in [2.75, 3.05) is 6.61 Å². The predicted molar refractivity (Wildman–Crippen MR) is 58.0 cm³/mol. The quantitative estimate of drug-likeness (QED) is 0.421. The largest absolute Gasteiger partial charge is 0.474 e. The molecule has 0 saturated carbocycles. The van der Waals surface area contributed by atoms with E-state index in [1.54, 1.807) is 0 Å². The van der Waals surface area contributed by atoms with Crippen LogP contribution in [0.2, 0.25) is 0 Å². The first-order valence-corrected chi connectivity index (χ1v) is 4.56. The number of nitro benzene ring substituents is 3. The standard InChI is InChI=1S/C8H5N3O8/c12-1-2-19-8-6(10(15)16)3-5(9(13)14)4-7(8)11(17)18/h1,3-4H,2H2. The molecule has 0 bridgehead atoms. The first-order valence-electron chi connectivity index (χ1n) is 4.56. The first-order chi connectivity index (χ1) is 8.88. The zero-order valence-corrected chi connectivity index (χ0v) is 9.05. The van der Waals surface area contributed by atoms with E-state index in [2.05, 4.69) is 4.74 Å². The lowest BCUT2D eigenvalue weighted by Crippen LogP contribution is -2.05. The average Bonchev–Trinajstić information content (AvgIpc) is 2.34. The summed E-state index contributed by atoms with van der Waals surface area (Å²) in [5.74, 6) is -0.798. The molecule has 11 heteroatoms. The summed E-state index contributed by atoms with van der Waals surface area (Å²) < 4.78 is 4.60. The van der Waals surface area contributed by atoms with Crippen molar-refractivity contribution in [3.05, 3.63) is 42.5 Å². The molecule has 0 radical (unpaired) electrons. The molecule has 0 saturated heterocycles. The third-order valence-corrected chi connectivity index (χ3v) is 1.93. The second-order valence-electron chi connectivity index (χ2n) is 3.06. The Labute approximate surface area is 103 Å². The molecular formula is C8H5N3O8. The van der Waals surface area contributed by atoms with Gasteiger partial charge in [0.2, 0.25) is 0 Å². The minimum Gasteiger partial charge on any atom is -0.474 e. The van der Waals surface area contributed by atoms with Crippen LogP contribution in [-0.2, 0) is 4.79 Å². The maximum atomic E-state index is 10.7. The molecule has 0 atom stereocenters. The Morgan fingerprint density at radius 1 is 1.00 bits per heavy atom. The number of hydrogen-bond donors (Lipinski definition) is 0. The van der Waals surface area contributed by atoms with Crippen molar-refractivity contribution in [2.45, 2.75) is 0 Å². The van der Waals surface area contributed by atoms with Crippen molar-refractivity contribution < 1.29 is 24.3 Å². The number of benzene rings is 1. The molecule has 0 aliphatic heterocycles. The highest BCUT2D eigenvalue weighted by Crippen LogP contribution is 2.40. The van der Waals surface area contributed by atoms with Crippen LogP contribution in [-0.4, -0.2) is 27.7 Å². The summed E-state index contributed by atoms with van der Waals surface area (Å²) in [7, 11) is 0. The smallest absolute Gasteiger partial charge is 0.325 e. The van der Waals surface area contributed by atoms with Crippen LogP contribution in [0.25, 0.3) is 0 Å². The molecule has 0 unspecified atom stereocenters. The van der Waals surface area contributed by atoms with Crippen molar-refractivity contribution in [3.8, 4) is 5.75 Å². The van der Waals surface area contributed by atoms with Gasteiger partial charge in [-0.3, -0.25) is 35.1 Å². The number of nitro groups is 3. The van der Waals surface area contributed by atoms with Gasteiger partial charge in [-0.1, -0.05) is 0 Å². The van der Waals surface area contributed by atoms with Crippen molar-refractivity contribution in [1.82, 2.24) is 0 Å². The molecule has 19 heavy (non-hydrogen) atoms. The molecule has 0 aliphatic rings. The lowest BCUT2D eigenvalue weighted by Gasteiger charge is -2.04. The molecule has 0 heterocycles. The summed E-state index contributed by atoms with van der Waals surface area (Å²) in [6.07, 6.45) is 0.231. The Bertz CT molecular complexity index is 534. The molecule has 100 valence electrons. The number of carbonyl (C=O) groups is 1. The third-order valence-electron chi connectivity index (χ3n) is 1.93. The number of carbonyl (C=O) groups excluding carboxylic acids is 1. The summed E-state index contributed by atoms with van der Waals surface area (Å²) in [5.41, 5.74) is -2.73. The number of aldehydes is 1. The zero-order chi connectivity index (χ0) is 14.6. The second kappa shape index (κ2) is 5.48. The fourth-order valence-corrected chi connectivity index (χ4v) is 1.23.